The molecule has 0 aromatic carbocycles. The number of carbonyl (C=O) groups is 4. The lowest BCUT2D eigenvalue weighted by Gasteiger charge is -2.30. The molecule has 27 heavy (non-hydrogen) atoms. The van der Waals surface area contributed by atoms with Crippen LogP contribution < -0.4 is 5.32 Å². The van der Waals surface area contributed by atoms with Crippen LogP contribution in [0.15, 0.2) is 0 Å². The van der Waals surface area contributed by atoms with Crippen molar-refractivity contribution in [2.45, 2.75) is 39.7 Å². The molecule has 156 valence electrons. The SMILES string of the molecule is CC(C)CC(C)(C)NC(=O)CN(CCN(CC(=O)O)CC(=O)O)CC(=O)O. The van der Waals surface area contributed by atoms with Crippen LogP contribution in [-0.2, 0) is 19.2 Å². The van der Waals surface area contributed by atoms with Crippen LogP contribution in [-0.4, -0.2) is 93.7 Å². The van der Waals surface area contributed by atoms with Crippen molar-refractivity contribution in [1.82, 2.24) is 15.1 Å². The fourth-order valence-corrected chi connectivity index (χ4v) is 2.98. The van der Waals surface area contributed by atoms with Gasteiger partial charge in [-0.1, -0.05) is 13.8 Å². The van der Waals surface area contributed by atoms with E-state index in [-0.39, 0.29) is 25.5 Å². The molecule has 0 heterocycles. The number of amides is 1. The molecule has 4 N–H and O–H groups in total. The molecule has 0 spiro atoms. The zero-order valence-corrected chi connectivity index (χ0v) is 16.4. The van der Waals surface area contributed by atoms with Gasteiger partial charge in [-0.2, -0.15) is 0 Å². The molecule has 0 saturated heterocycles. The Labute approximate surface area is 159 Å². The first kappa shape index (κ1) is 24.8. The topological polar surface area (TPSA) is 147 Å². The number of carboxylic acid groups (broad SMARTS) is 3. The highest BCUT2D eigenvalue weighted by Crippen LogP contribution is 2.15. The zero-order valence-electron chi connectivity index (χ0n) is 16.4. The minimum atomic E-state index is -1.19. The van der Waals surface area contributed by atoms with Crippen LogP contribution in [0, 0.1) is 5.92 Å². The van der Waals surface area contributed by atoms with E-state index in [4.69, 9.17) is 15.3 Å². The van der Waals surface area contributed by atoms with Gasteiger partial charge in [-0.25, -0.2) is 0 Å². The lowest BCUT2D eigenvalue weighted by atomic mass is 9.93. The molecule has 0 aromatic rings. The van der Waals surface area contributed by atoms with Crippen molar-refractivity contribution in [3.05, 3.63) is 0 Å². The largest absolute Gasteiger partial charge is 0.480 e. The highest BCUT2D eigenvalue weighted by Gasteiger charge is 2.24. The Kier molecular flexibility index (Phi) is 10.6. The fraction of sp³-hybridized carbons (Fsp3) is 0.765. The van der Waals surface area contributed by atoms with Gasteiger partial charge in [0.05, 0.1) is 26.2 Å². The van der Waals surface area contributed by atoms with E-state index < -0.39 is 43.1 Å². The van der Waals surface area contributed by atoms with Crippen LogP contribution in [0.4, 0.5) is 0 Å². The van der Waals surface area contributed by atoms with Gasteiger partial charge in [0.1, 0.15) is 0 Å². The van der Waals surface area contributed by atoms with Crippen molar-refractivity contribution in [3.8, 4) is 0 Å². The highest BCUT2D eigenvalue weighted by molar-refractivity contribution is 5.79. The number of aliphatic carboxylic acids is 3. The maximum absolute atomic E-state index is 12.3. The minimum absolute atomic E-state index is 0.00848. The summed E-state index contributed by atoms with van der Waals surface area (Å²) in [6.45, 7) is 6.32. The predicted molar refractivity (Wildman–Crippen MR) is 97.5 cm³/mol. The number of hydrogen-bond acceptors (Lipinski definition) is 6. The Hall–Kier alpha value is -2.20. The molecule has 1 amide bonds. The van der Waals surface area contributed by atoms with Crippen LogP contribution in [0.3, 0.4) is 0 Å². The minimum Gasteiger partial charge on any atom is -0.480 e. The van der Waals surface area contributed by atoms with Gasteiger partial charge in [0.2, 0.25) is 5.91 Å². The van der Waals surface area contributed by atoms with Crippen LogP contribution in [0.5, 0.6) is 0 Å². The van der Waals surface area contributed by atoms with Gasteiger partial charge in [-0.15, -0.1) is 0 Å². The van der Waals surface area contributed by atoms with E-state index in [1.807, 2.05) is 27.7 Å². The molecular weight excluding hydrogens is 358 g/mol. The van der Waals surface area contributed by atoms with E-state index >= 15 is 0 Å². The third kappa shape index (κ3) is 13.6. The lowest BCUT2D eigenvalue weighted by molar-refractivity contribution is -0.143. The van der Waals surface area contributed by atoms with E-state index in [0.29, 0.717) is 5.92 Å². The quantitative estimate of drug-likeness (QED) is 0.316. The molecular formula is C17H31N3O7. The zero-order chi connectivity index (χ0) is 21.2. The smallest absolute Gasteiger partial charge is 0.317 e. The molecule has 0 aromatic heterocycles. The average Bonchev–Trinajstić information content (AvgIpc) is 2.40. The first-order valence-electron chi connectivity index (χ1n) is 8.72. The lowest BCUT2D eigenvalue weighted by Crippen LogP contribution is -2.50. The van der Waals surface area contributed by atoms with E-state index in [2.05, 4.69) is 5.32 Å². The average molecular weight is 389 g/mol. The Morgan fingerprint density at radius 2 is 1.19 bits per heavy atom. The van der Waals surface area contributed by atoms with Crippen molar-refractivity contribution in [3.63, 3.8) is 0 Å². The number of carbonyl (C=O) groups excluding carboxylic acids is 1. The number of nitrogens with zero attached hydrogens (tertiary/aromatic N) is 2. The van der Waals surface area contributed by atoms with E-state index in [9.17, 15) is 19.2 Å². The Bertz CT molecular complexity index is 519. The van der Waals surface area contributed by atoms with Gasteiger partial charge >= 0.3 is 17.9 Å². The van der Waals surface area contributed by atoms with Crippen molar-refractivity contribution < 1.29 is 34.5 Å². The molecule has 0 radical (unpaired) electrons. The highest BCUT2D eigenvalue weighted by atomic mass is 16.4. The number of carboxylic acids is 3. The molecule has 0 aliphatic rings. The molecule has 0 aliphatic carbocycles. The summed E-state index contributed by atoms with van der Waals surface area (Å²) >= 11 is 0. The van der Waals surface area contributed by atoms with Crippen molar-refractivity contribution in [1.29, 1.82) is 0 Å². The molecule has 0 fully saturated rings. The van der Waals surface area contributed by atoms with E-state index in [1.165, 1.54) is 9.80 Å². The summed E-state index contributed by atoms with van der Waals surface area (Å²) in [7, 11) is 0. The fourth-order valence-electron chi connectivity index (χ4n) is 2.98. The summed E-state index contributed by atoms with van der Waals surface area (Å²) in [6.07, 6.45) is 0.753. The van der Waals surface area contributed by atoms with E-state index in [1.54, 1.807) is 0 Å². The van der Waals surface area contributed by atoms with Crippen LogP contribution in [0.25, 0.3) is 0 Å². The molecule has 0 unspecified atom stereocenters. The van der Waals surface area contributed by atoms with Gasteiger partial charge < -0.3 is 20.6 Å². The second-order valence-corrected chi connectivity index (χ2v) is 7.63. The maximum Gasteiger partial charge on any atom is 0.317 e. The molecule has 0 aliphatic heterocycles. The summed E-state index contributed by atoms with van der Waals surface area (Å²) in [5.74, 6) is -3.48. The monoisotopic (exact) mass is 389 g/mol. The molecule has 0 rings (SSSR count). The van der Waals surface area contributed by atoms with Crippen LogP contribution >= 0.6 is 0 Å². The van der Waals surface area contributed by atoms with Crippen LogP contribution in [0.1, 0.15) is 34.1 Å². The molecule has 0 atom stereocenters. The summed E-state index contributed by atoms with van der Waals surface area (Å²) in [5, 5.41) is 29.6. The van der Waals surface area contributed by atoms with Gasteiger partial charge in [-0.3, -0.25) is 29.0 Å². The standard InChI is InChI=1S/C17H31N3O7/c1-12(2)7-17(3,4)18-13(21)8-19(9-14(22)23)5-6-20(10-15(24)25)11-16(26)27/h12H,5-11H2,1-4H3,(H,18,21)(H,22,23)(H,24,25)(H,26,27). The van der Waals surface area contributed by atoms with Gasteiger partial charge in [0, 0.05) is 18.6 Å². The van der Waals surface area contributed by atoms with Crippen molar-refractivity contribution >= 4 is 23.8 Å². The number of hydrogen-bond donors (Lipinski definition) is 4. The van der Waals surface area contributed by atoms with E-state index in [0.717, 1.165) is 6.42 Å². The molecule has 0 saturated carbocycles. The summed E-state index contributed by atoms with van der Waals surface area (Å²) in [6, 6.07) is 0. The molecule has 0 bridgehead atoms. The second kappa shape index (κ2) is 11.5. The number of nitrogens with one attached hydrogen (secondary N) is 1. The second-order valence-electron chi connectivity index (χ2n) is 7.63. The Balaban J connectivity index is 4.85. The third-order valence-electron chi connectivity index (χ3n) is 3.57. The molecule has 10 nitrogen and oxygen atoms in total. The summed E-state index contributed by atoms with van der Waals surface area (Å²) in [5.41, 5.74) is -0.446. The van der Waals surface area contributed by atoms with Crippen molar-refractivity contribution in [2.75, 3.05) is 39.3 Å². The Morgan fingerprint density at radius 3 is 1.52 bits per heavy atom. The van der Waals surface area contributed by atoms with Crippen LogP contribution in [0.2, 0.25) is 0 Å². The maximum atomic E-state index is 12.3. The number of rotatable bonds is 14. The van der Waals surface area contributed by atoms with Gasteiger partial charge in [0.15, 0.2) is 0 Å². The summed E-state index contributed by atoms with van der Waals surface area (Å²) < 4.78 is 0. The van der Waals surface area contributed by atoms with Gasteiger partial charge in [0.25, 0.3) is 0 Å². The predicted octanol–water partition coefficient (Wildman–Crippen LogP) is -0.215. The van der Waals surface area contributed by atoms with Crippen molar-refractivity contribution in [2.24, 2.45) is 5.92 Å². The summed E-state index contributed by atoms with van der Waals surface area (Å²) in [4.78, 5) is 47.5. The first-order valence-corrected chi connectivity index (χ1v) is 8.72. The normalized spacial score (nSPS) is 11.8. The van der Waals surface area contributed by atoms with Gasteiger partial charge in [-0.05, 0) is 26.2 Å². The third-order valence-corrected chi connectivity index (χ3v) is 3.57. The Morgan fingerprint density at radius 1 is 0.815 bits per heavy atom. The molecule has 10 heteroatoms. The first-order chi connectivity index (χ1) is 12.3.